The first-order chi connectivity index (χ1) is 18.7. The molecule has 0 aromatic heterocycles. The average Bonchev–Trinajstić information content (AvgIpc) is 2.92. The fraction of sp³-hybridized carbons (Fsp3) is 0.853. The molecule has 1 N–H and O–H groups in total. The van der Waals surface area contributed by atoms with Crippen molar-refractivity contribution in [1.29, 1.82) is 0 Å². The third-order valence-electron chi connectivity index (χ3n) is 7.03. The van der Waals surface area contributed by atoms with Gasteiger partial charge in [-0.2, -0.15) is 0 Å². The van der Waals surface area contributed by atoms with Crippen LogP contribution in [0.2, 0.25) is 0 Å². The number of hydrogen-bond acceptors (Lipinski definition) is 4. The van der Waals surface area contributed by atoms with Gasteiger partial charge in [-0.05, 0) is 44.9 Å². The molecule has 0 aliphatic carbocycles. The van der Waals surface area contributed by atoms with E-state index in [1.54, 1.807) is 0 Å². The van der Waals surface area contributed by atoms with Crippen molar-refractivity contribution in [3.63, 3.8) is 0 Å². The lowest BCUT2D eigenvalue weighted by Gasteiger charge is -2.15. The molecule has 0 spiro atoms. The predicted octanol–water partition coefficient (Wildman–Crippen LogP) is 10.0. The van der Waals surface area contributed by atoms with Crippen molar-refractivity contribution in [2.45, 2.75) is 168 Å². The molecule has 0 radical (unpaired) electrons. The normalized spacial score (nSPS) is 12.6. The molecule has 1 atom stereocenters. The number of aliphatic hydroxyl groups excluding tert-OH is 1. The first-order valence-corrected chi connectivity index (χ1v) is 16.4. The highest BCUT2D eigenvalue weighted by molar-refractivity contribution is 5.69. The third-order valence-corrected chi connectivity index (χ3v) is 7.03. The molecular weight excluding hydrogens is 472 g/mol. The first-order valence-electron chi connectivity index (χ1n) is 16.4. The molecule has 0 aliphatic rings. The van der Waals surface area contributed by atoms with Crippen molar-refractivity contribution >= 4 is 5.97 Å². The highest BCUT2D eigenvalue weighted by atomic mass is 16.6. The minimum Gasteiger partial charge on any atom is -0.457 e. The second kappa shape index (κ2) is 32.1. The Morgan fingerprint density at radius 1 is 0.632 bits per heavy atom. The van der Waals surface area contributed by atoms with Crippen LogP contribution in [-0.2, 0) is 14.3 Å². The van der Waals surface area contributed by atoms with E-state index in [0.29, 0.717) is 19.6 Å². The standard InChI is InChI=1S/C34H64O4/c1-3-5-7-9-11-12-13-14-15-16-17-18-19-20-21-22-24-26-28-30-37-32-33(31-35)38-34(36)29-27-25-23-10-8-6-4-2/h12-13,15-16,33,35H,3-11,14,17-32H2,1-2H3/b13-12-,16-15-. The van der Waals surface area contributed by atoms with Gasteiger partial charge in [0.25, 0.3) is 0 Å². The van der Waals surface area contributed by atoms with Crippen LogP contribution in [0.4, 0.5) is 0 Å². The summed E-state index contributed by atoms with van der Waals surface area (Å²) in [4.78, 5) is 12.0. The van der Waals surface area contributed by atoms with Crippen molar-refractivity contribution in [3.8, 4) is 0 Å². The van der Waals surface area contributed by atoms with E-state index in [1.165, 1.54) is 116 Å². The second-order valence-corrected chi connectivity index (χ2v) is 10.9. The zero-order chi connectivity index (χ0) is 27.8. The van der Waals surface area contributed by atoms with Crippen molar-refractivity contribution < 1.29 is 19.4 Å². The summed E-state index contributed by atoms with van der Waals surface area (Å²) < 4.78 is 11.0. The fourth-order valence-corrected chi connectivity index (χ4v) is 4.53. The highest BCUT2D eigenvalue weighted by Gasteiger charge is 2.13. The van der Waals surface area contributed by atoms with Gasteiger partial charge in [-0.3, -0.25) is 4.79 Å². The summed E-state index contributed by atoms with van der Waals surface area (Å²) in [5.74, 6) is -0.210. The molecule has 4 nitrogen and oxygen atoms in total. The molecule has 0 aromatic carbocycles. The average molecular weight is 537 g/mol. The number of ether oxygens (including phenoxy) is 2. The van der Waals surface area contributed by atoms with Crippen LogP contribution in [0.5, 0.6) is 0 Å². The Morgan fingerprint density at radius 3 is 1.66 bits per heavy atom. The molecule has 0 fully saturated rings. The number of carbonyl (C=O) groups excluding carboxylic acids is 1. The van der Waals surface area contributed by atoms with Crippen molar-refractivity contribution in [3.05, 3.63) is 24.3 Å². The van der Waals surface area contributed by atoms with Gasteiger partial charge in [-0.1, -0.05) is 134 Å². The summed E-state index contributed by atoms with van der Waals surface area (Å²) in [7, 11) is 0. The largest absolute Gasteiger partial charge is 0.457 e. The van der Waals surface area contributed by atoms with Gasteiger partial charge in [0.2, 0.25) is 0 Å². The van der Waals surface area contributed by atoms with E-state index in [1.807, 2.05) is 0 Å². The number of rotatable bonds is 30. The Kier molecular flexibility index (Phi) is 31.1. The van der Waals surface area contributed by atoms with Crippen molar-refractivity contribution in [1.82, 2.24) is 0 Å². The van der Waals surface area contributed by atoms with Crippen LogP contribution in [-0.4, -0.2) is 37.0 Å². The summed E-state index contributed by atoms with van der Waals surface area (Å²) in [5, 5.41) is 9.47. The molecule has 0 aliphatic heterocycles. The minimum atomic E-state index is -0.529. The molecule has 0 saturated carbocycles. The number of hydrogen-bond donors (Lipinski definition) is 1. The monoisotopic (exact) mass is 536 g/mol. The first kappa shape index (κ1) is 36.9. The number of aliphatic hydroxyl groups is 1. The lowest BCUT2D eigenvalue weighted by molar-refractivity contribution is -0.154. The molecule has 0 saturated heterocycles. The molecule has 0 heterocycles. The Balaban J connectivity index is 3.41. The van der Waals surface area contributed by atoms with Gasteiger partial charge in [0.1, 0.15) is 6.10 Å². The molecule has 0 bridgehead atoms. The number of esters is 1. The summed E-state index contributed by atoms with van der Waals surface area (Å²) >= 11 is 0. The van der Waals surface area contributed by atoms with E-state index >= 15 is 0 Å². The molecule has 224 valence electrons. The molecule has 4 heteroatoms. The highest BCUT2D eigenvalue weighted by Crippen LogP contribution is 2.12. The smallest absolute Gasteiger partial charge is 0.306 e. The van der Waals surface area contributed by atoms with Crippen LogP contribution >= 0.6 is 0 Å². The van der Waals surface area contributed by atoms with Crippen LogP contribution in [0.25, 0.3) is 0 Å². The van der Waals surface area contributed by atoms with E-state index in [4.69, 9.17) is 9.47 Å². The van der Waals surface area contributed by atoms with Crippen LogP contribution in [0.1, 0.15) is 162 Å². The Bertz CT molecular complexity index is 529. The van der Waals surface area contributed by atoms with E-state index in [-0.39, 0.29) is 12.6 Å². The van der Waals surface area contributed by atoms with Gasteiger partial charge in [-0.25, -0.2) is 0 Å². The van der Waals surface area contributed by atoms with Gasteiger partial charge in [0.05, 0.1) is 13.2 Å². The van der Waals surface area contributed by atoms with Crippen molar-refractivity contribution in [2.24, 2.45) is 0 Å². The van der Waals surface area contributed by atoms with Crippen molar-refractivity contribution in [2.75, 3.05) is 19.8 Å². The Labute approximate surface area is 237 Å². The van der Waals surface area contributed by atoms with E-state index in [0.717, 1.165) is 25.7 Å². The Morgan fingerprint density at radius 2 is 1.11 bits per heavy atom. The topological polar surface area (TPSA) is 55.8 Å². The molecule has 0 aromatic rings. The van der Waals surface area contributed by atoms with Gasteiger partial charge >= 0.3 is 5.97 Å². The molecular formula is C34H64O4. The maximum Gasteiger partial charge on any atom is 0.306 e. The van der Waals surface area contributed by atoms with Gasteiger partial charge in [0, 0.05) is 13.0 Å². The maximum atomic E-state index is 12.0. The predicted molar refractivity (Wildman–Crippen MR) is 164 cm³/mol. The number of carbonyl (C=O) groups is 1. The lowest BCUT2D eigenvalue weighted by atomic mass is 10.1. The SMILES string of the molecule is CCCCCC/C=C\C/C=C\CCCCCCCCCCOCC(CO)OC(=O)CCCCCCCCC. The second-order valence-electron chi connectivity index (χ2n) is 10.9. The molecule has 0 amide bonds. The Hall–Kier alpha value is -1.13. The maximum absolute atomic E-state index is 12.0. The van der Waals surface area contributed by atoms with Gasteiger partial charge in [0.15, 0.2) is 0 Å². The van der Waals surface area contributed by atoms with Gasteiger partial charge < -0.3 is 14.6 Å². The van der Waals surface area contributed by atoms with E-state index in [9.17, 15) is 9.90 Å². The molecule has 0 rings (SSSR count). The quantitative estimate of drug-likeness (QED) is 0.0563. The molecule has 38 heavy (non-hydrogen) atoms. The van der Waals surface area contributed by atoms with Crippen LogP contribution in [0, 0.1) is 0 Å². The molecule has 1 unspecified atom stereocenters. The minimum absolute atomic E-state index is 0.172. The fourth-order valence-electron chi connectivity index (χ4n) is 4.53. The number of unbranched alkanes of at least 4 members (excludes halogenated alkanes) is 18. The zero-order valence-corrected chi connectivity index (χ0v) is 25.4. The zero-order valence-electron chi connectivity index (χ0n) is 25.4. The summed E-state index contributed by atoms with van der Waals surface area (Å²) in [6, 6.07) is 0. The lowest BCUT2D eigenvalue weighted by Crippen LogP contribution is -2.27. The van der Waals surface area contributed by atoms with Crippen LogP contribution in [0.15, 0.2) is 24.3 Å². The third kappa shape index (κ3) is 29.4. The van der Waals surface area contributed by atoms with Crippen LogP contribution < -0.4 is 0 Å². The summed E-state index contributed by atoms with van der Waals surface area (Å²) in [6.45, 7) is 5.28. The number of allylic oxidation sites excluding steroid dienone is 4. The van der Waals surface area contributed by atoms with Gasteiger partial charge in [-0.15, -0.1) is 0 Å². The van der Waals surface area contributed by atoms with Crippen LogP contribution in [0.3, 0.4) is 0 Å². The van der Waals surface area contributed by atoms with E-state index in [2.05, 4.69) is 38.2 Å². The van der Waals surface area contributed by atoms with E-state index < -0.39 is 6.10 Å². The summed E-state index contributed by atoms with van der Waals surface area (Å²) in [6.07, 6.45) is 36.5. The summed E-state index contributed by atoms with van der Waals surface area (Å²) in [5.41, 5.74) is 0.